The molecular formula is C26H32F7N5O3S. The van der Waals surface area contributed by atoms with Crippen molar-refractivity contribution in [2.75, 3.05) is 18.4 Å². The van der Waals surface area contributed by atoms with Crippen LogP contribution in [0.3, 0.4) is 0 Å². The molecule has 3 heterocycles. The summed E-state index contributed by atoms with van der Waals surface area (Å²) >= 11 is 0.863. The zero-order valence-electron chi connectivity index (χ0n) is 23.2. The number of nitrogens with zero attached hydrogens (tertiary/aromatic N) is 3. The Hall–Kier alpha value is -3.01. The molecule has 2 aromatic rings. The summed E-state index contributed by atoms with van der Waals surface area (Å²) in [5.74, 6) is -4.13. The molecule has 0 bridgehead atoms. The highest BCUT2D eigenvalue weighted by molar-refractivity contribution is 7.17. The summed E-state index contributed by atoms with van der Waals surface area (Å²) in [6.45, 7) is 5.72. The van der Waals surface area contributed by atoms with E-state index in [4.69, 9.17) is 0 Å². The lowest BCUT2D eigenvalue weighted by atomic mass is 10.1. The minimum Gasteiger partial charge on any atom is -0.389 e. The molecule has 16 heteroatoms. The zero-order chi connectivity index (χ0) is 31.6. The maximum Gasteiger partial charge on any atom is 0.408 e. The van der Waals surface area contributed by atoms with Crippen LogP contribution in [0, 0.1) is 12.8 Å². The van der Waals surface area contributed by atoms with E-state index in [0.717, 1.165) is 28.5 Å². The molecular weight excluding hydrogens is 595 g/mol. The average molecular weight is 628 g/mol. The molecule has 0 spiro atoms. The number of halogens is 7. The minimum atomic E-state index is -4.52. The van der Waals surface area contributed by atoms with Crippen LogP contribution in [0.2, 0.25) is 0 Å². The Kier molecular flexibility index (Phi) is 10.1. The number of aryl methyl sites for hydroxylation is 1. The van der Waals surface area contributed by atoms with Gasteiger partial charge in [0.25, 0.3) is 18.3 Å². The number of pyridine rings is 1. The molecule has 1 aliphatic heterocycles. The maximum absolute atomic E-state index is 13.8. The number of hydrogen-bond donors (Lipinski definition) is 3. The number of alkyl halides is 7. The van der Waals surface area contributed by atoms with Crippen LogP contribution in [0.1, 0.15) is 67.5 Å². The van der Waals surface area contributed by atoms with E-state index in [9.17, 15) is 45.4 Å². The van der Waals surface area contributed by atoms with Crippen LogP contribution in [0.15, 0.2) is 12.3 Å². The second-order valence-corrected chi connectivity index (χ2v) is 12.1. The summed E-state index contributed by atoms with van der Waals surface area (Å²) in [7, 11) is 0. The van der Waals surface area contributed by atoms with Crippen LogP contribution in [0.25, 0.3) is 10.4 Å². The Morgan fingerprint density at radius 1 is 1.29 bits per heavy atom. The van der Waals surface area contributed by atoms with E-state index in [2.05, 4.69) is 20.6 Å². The molecule has 2 amide bonds. The number of anilines is 1. The number of likely N-dealkylation sites (tertiary alicyclic amines) is 1. The van der Waals surface area contributed by atoms with Crippen LogP contribution in [-0.4, -0.2) is 75.2 Å². The van der Waals surface area contributed by atoms with E-state index in [1.807, 2.05) is 0 Å². The largest absolute Gasteiger partial charge is 0.408 e. The summed E-state index contributed by atoms with van der Waals surface area (Å²) in [6.07, 6.45) is -5.33. The van der Waals surface area contributed by atoms with Gasteiger partial charge in [-0.15, -0.1) is 11.3 Å². The van der Waals surface area contributed by atoms with Crippen molar-refractivity contribution < 1.29 is 45.4 Å². The maximum atomic E-state index is 13.8. The van der Waals surface area contributed by atoms with Gasteiger partial charge in [0.1, 0.15) is 11.9 Å². The molecule has 3 N–H and O–H groups in total. The van der Waals surface area contributed by atoms with Crippen molar-refractivity contribution in [3.05, 3.63) is 28.5 Å². The van der Waals surface area contributed by atoms with Gasteiger partial charge in [0.05, 0.1) is 22.7 Å². The van der Waals surface area contributed by atoms with Crippen molar-refractivity contribution in [3.63, 3.8) is 0 Å². The predicted octanol–water partition coefficient (Wildman–Crippen LogP) is 5.58. The quantitative estimate of drug-likeness (QED) is 0.248. The van der Waals surface area contributed by atoms with E-state index >= 15 is 0 Å². The number of aromatic nitrogens is 2. The van der Waals surface area contributed by atoms with E-state index in [-0.39, 0.29) is 40.3 Å². The lowest BCUT2D eigenvalue weighted by Gasteiger charge is -2.22. The van der Waals surface area contributed by atoms with Gasteiger partial charge in [-0.05, 0) is 52.5 Å². The Balaban J connectivity index is 0.000000408. The smallest absolute Gasteiger partial charge is 0.389 e. The lowest BCUT2D eigenvalue weighted by molar-refractivity contribution is -0.146. The number of hydrogen-bond acceptors (Lipinski definition) is 7. The highest BCUT2D eigenvalue weighted by Gasteiger charge is 2.49. The highest BCUT2D eigenvalue weighted by atomic mass is 32.1. The Morgan fingerprint density at radius 3 is 2.38 bits per heavy atom. The fourth-order valence-corrected chi connectivity index (χ4v) is 5.28. The van der Waals surface area contributed by atoms with Gasteiger partial charge in [-0.25, -0.2) is 27.5 Å². The summed E-state index contributed by atoms with van der Waals surface area (Å²) in [4.78, 5) is 31.8. The molecule has 2 unspecified atom stereocenters. The Morgan fingerprint density at radius 2 is 1.93 bits per heavy atom. The normalized spacial score (nSPS) is 19.3. The lowest BCUT2D eigenvalue weighted by Crippen LogP contribution is -2.38. The third kappa shape index (κ3) is 8.99. The van der Waals surface area contributed by atoms with Crippen molar-refractivity contribution in [1.82, 2.24) is 20.2 Å². The number of aliphatic hydroxyl groups is 1. The average Bonchev–Trinajstić information content (AvgIpc) is 3.57. The van der Waals surface area contributed by atoms with Gasteiger partial charge < -0.3 is 20.6 Å². The van der Waals surface area contributed by atoms with Gasteiger partial charge >= 0.3 is 6.18 Å². The van der Waals surface area contributed by atoms with Gasteiger partial charge in [0.2, 0.25) is 6.41 Å². The molecule has 4 rings (SSSR count). The molecule has 8 nitrogen and oxygen atoms in total. The van der Waals surface area contributed by atoms with Crippen LogP contribution in [-0.2, 0) is 4.79 Å². The number of carbonyl (C=O) groups is 2. The predicted molar refractivity (Wildman–Crippen MR) is 142 cm³/mol. The van der Waals surface area contributed by atoms with E-state index in [0.29, 0.717) is 24.9 Å². The first-order valence-corrected chi connectivity index (χ1v) is 13.8. The minimum absolute atomic E-state index is 0.00271. The van der Waals surface area contributed by atoms with Crippen LogP contribution < -0.4 is 10.6 Å². The number of thiazole rings is 1. The third-order valence-corrected chi connectivity index (χ3v) is 7.74. The van der Waals surface area contributed by atoms with Crippen molar-refractivity contribution in [1.29, 1.82) is 0 Å². The first kappa shape index (κ1) is 33.5. The summed E-state index contributed by atoms with van der Waals surface area (Å²) in [5, 5.41) is 14.5. The number of rotatable bonds is 9. The second-order valence-electron chi connectivity index (χ2n) is 11.1. The highest BCUT2D eigenvalue weighted by Crippen LogP contribution is 2.43. The van der Waals surface area contributed by atoms with Gasteiger partial charge in [-0.2, -0.15) is 13.2 Å². The molecule has 234 valence electrons. The van der Waals surface area contributed by atoms with Crippen molar-refractivity contribution in [2.24, 2.45) is 5.92 Å². The van der Waals surface area contributed by atoms with Gasteiger partial charge in [0.15, 0.2) is 5.01 Å². The Labute approximate surface area is 241 Å². The summed E-state index contributed by atoms with van der Waals surface area (Å²) < 4.78 is 92.2. The molecule has 0 aromatic carbocycles. The van der Waals surface area contributed by atoms with Gasteiger partial charge in [0, 0.05) is 36.3 Å². The molecule has 0 radical (unpaired) electrons. The number of amides is 2. The summed E-state index contributed by atoms with van der Waals surface area (Å²) in [6, 6.07) is -1.25. The standard InChI is InChI=1S/C20H23F5N4O2S.C6H9F2NO/c1-9-14(32-18(28-9)17(30)27-8-19(2,3)31)12-7-26-13(6-11(12)16(21)22)29-15(10-4-5-10)20(23,24)25;1-5-2-6(7,8)3-9(5)4-10/h6-7,10,15-16,31H,4-5,8H2,1-3H3,(H,26,29)(H,27,30);4-5H,2-3H2,1H3. The van der Waals surface area contributed by atoms with E-state index in [1.165, 1.54) is 20.8 Å². The Bertz CT molecular complexity index is 1260. The fraction of sp³-hybridized carbons (Fsp3) is 0.615. The summed E-state index contributed by atoms with van der Waals surface area (Å²) in [5.41, 5.74) is -1.35. The molecule has 42 heavy (non-hydrogen) atoms. The fourth-order valence-electron chi connectivity index (χ4n) is 4.27. The molecule has 2 aliphatic rings. The molecule has 1 aliphatic carbocycles. The number of carbonyl (C=O) groups excluding carboxylic acids is 2. The van der Waals surface area contributed by atoms with Gasteiger partial charge in [-0.1, -0.05) is 0 Å². The van der Waals surface area contributed by atoms with E-state index < -0.39 is 54.1 Å². The first-order valence-electron chi connectivity index (χ1n) is 13.0. The molecule has 1 saturated carbocycles. The van der Waals surface area contributed by atoms with Crippen molar-refractivity contribution in [3.8, 4) is 10.4 Å². The van der Waals surface area contributed by atoms with Gasteiger partial charge in [-0.3, -0.25) is 9.59 Å². The van der Waals surface area contributed by atoms with Crippen LogP contribution >= 0.6 is 11.3 Å². The van der Waals surface area contributed by atoms with Crippen molar-refractivity contribution in [2.45, 2.75) is 83.2 Å². The monoisotopic (exact) mass is 627 g/mol. The first-order chi connectivity index (χ1) is 19.3. The molecule has 1 saturated heterocycles. The zero-order valence-corrected chi connectivity index (χ0v) is 24.1. The number of nitrogens with one attached hydrogen (secondary N) is 2. The topological polar surface area (TPSA) is 107 Å². The van der Waals surface area contributed by atoms with Crippen LogP contribution in [0.4, 0.5) is 36.6 Å². The molecule has 2 aromatic heterocycles. The van der Waals surface area contributed by atoms with E-state index in [1.54, 1.807) is 6.92 Å². The SMILES string of the molecule is CC1CC(F)(F)CN1C=O.Cc1nc(C(=O)NCC(C)(C)O)sc1-c1cnc(NC(C2CC2)C(F)(F)F)cc1C(F)F. The van der Waals surface area contributed by atoms with Crippen molar-refractivity contribution >= 4 is 29.5 Å². The second kappa shape index (κ2) is 12.7. The third-order valence-electron chi connectivity index (χ3n) is 6.55. The molecule has 2 fully saturated rings. The molecule has 2 atom stereocenters. The van der Waals surface area contributed by atoms with Crippen LogP contribution in [0.5, 0.6) is 0 Å².